The summed E-state index contributed by atoms with van der Waals surface area (Å²) in [6.07, 6.45) is 7.72. The number of anilines is 1. The second-order valence-electron chi connectivity index (χ2n) is 8.43. The standard InChI is InChI=1S/C24H28N4O2/c1-30-18-9-10-22-19(13-18)20(21-12-16-6-5-11-25-24(16)27-21)14-28(22)15-23(29)26-17-7-3-2-4-8-17/h5-6,9-13,17,20H,2-4,7-8,14-15H2,1H3,(H,25,27)(H,26,29). The molecule has 30 heavy (non-hydrogen) atoms. The van der Waals surface area contributed by atoms with E-state index in [4.69, 9.17) is 4.74 Å². The maximum Gasteiger partial charge on any atom is 0.239 e. The highest BCUT2D eigenvalue weighted by Gasteiger charge is 2.32. The van der Waals surface area contributed by atoms with E-state index in [1.165, 1.54) is 24.8 Å². The van der Waals surface area contributed by atoms with Gasteiger partial charge in [0.25, 0.3) is 0 Å². The molecule has 0 bridgehead atoms. The van der Waals surface area contributed by atoms with E-state index in [1.807, 2.05) is 12.1 Å². The Balaban J connectivity index is 1.40. The second kappa shape index (κ2) is 8.01. The maximum atomic E-state index is 12.8. The summed E-state index contributed by atoms with van der Waals surface area (Å²) in [5.41, 5.74) is 4.30. The van der Waals surface area contributed by atoms with Gasteiger partial charge in [0.15, 0.2) is 0 Å². The quantitative estimate of drug-likeness (QED) is 0.675. The van der Waals surface area contributed by atoms with Gasteiger partial charge in [-0.3, -0.25) is 4.79 Å². The Morgan fingerprint density at radius 1 is 1.23 bits per heavy atom. The van der Waals surface area contributed by atoms with Crippen molar-refractivity contribution >= 4 is 22.6 Å². The van der Waals surface area contributed by atoms with Crippen LogP contribution in [-0.4, -0.2) is 42.1 Å². The Kier molecular flexibility index (Phi) is 5.07. The summed E-state index contributed by atoms with van der Waals surface area (Å²) in [6.45, 7) is 1.14. The van der Waals surface area contributed by atoms with Crippen molar-refractivity contribution in [2.75, 3.05) is 25.1 Å². The monoisotopic (exact) mass is 404 g/mol. The van der Waals surface area contributed by atoms with E-state index in [2.05, 4.69) is 44.5 Å². The first-order valence-electron chi connectivity index (χ1n) is 10.9. The Bertz CT molecular complexity index is 1020. The summed E-state index contributed by atoms with van der Waals surface area (Å²) >= 11 is 0. The van der Waals surface area contributed by atoms with Gasteiger partial charge >= 0.3 is 0 Å². The number of aromatic amines is 1. The average molecular weight is 405 g/mol. The van der Waals surface area contributed by atoms with Gasteiger partial charge in [0.2, 0.25) is 5.91 Å². The van der Waals surface area contributed by atoms with Crippen molar-refractivity contribution in [3.05, 3.63) is 53.9 Å². The van der Waals surface area contributed by atoms with Crippen molar-refractivity contribution in [3.8, 4) is 5.75 Å². The number of methoxy groups -OCH3 is 1. The molecule has 1 unspecified atom stereocenters. The number of nitrogens with one attached hydrogen (secondary N) is 2. The van der Waals surface area contributed by atoms with Gasteiger partial charge in [-0.05, 0) is 54.8 Å². The third-order valence-corrected chi connectivity index (χ3v) is 6.45. The first-order valence-corrected chi connectivity index (χ1v) is 10.9. The molecule has 1 atom stereocenters. The zero-order chi connectivity index (χ0) is 20.5. The van der Waals surface area contributed by atoms with Crippen LogP contribution in [0.15, 0.2) is 42.6 Å². The molecule has 5 rings (SSSR count). The van der Waals surface area contributed by atoms with Crippen LogP contribution in [0.5, 0.6) is 5.75 Å². The summed E-state index contributed by atoms with van der Waals surface area (Å²) in [5, 5.41) is 4.35. The van der Waals surface area contributed by atoms with Crippen LogP contribution < -0.4 is 15.0 Å². The Morgan fingerprint density at radius 2 is 2.10 bits per heavy atom. The summed E-state index contributed by atoms with van der Waals surface area (Å²) in [5.74, 6) is 1.09. The predicted octanol–water partition coefficient (Wildman–Crippen LogP) is 3.97. The highest BCUT2D eigenvalue weighted by atomic mass is 16.5. The smallest absolute Gasteiger partial charge is 0.239 e. The zero-order valence-corrected chi connectivity index (χ0v) is 17.4. The fourth-order valence-corrected chi connectivity index (χ4v) is 4.92. The van der Waals surface area contributed by atoms with E-state index < -0.39 is 0 Å². The number of pyridine rings is 1. The predicted molar refractivity (Wildman–Crippen MR) is 118 cm³/mol. The normalized spacial score (nSPS) is 19.1. The van der Waals surface area contributed by atoms with Gasteiger partial charge in [-0.2, -0.15) is 0 Å². The largest absolute Gasteiger partial charge is 0.497 e. The number of H-pyrrole nitrogens is 1. The maximum absolute atomic E-state index is 12.8. The minimum atomic E-state index is 0.114. The fourth-order valence-electron chi connectivity index (χ4n) is 4.92. The minimum Gasteiger partial charge on any atom is -0.497 e. The third kappa shape index (κ3) is 3.62. The average Bonchev–Trinajstić information content (AvgIpc) is 3.35. The van der Waals surface area contributed by atoms with Crippen molar-refractivity contribution in [1.29, 1.82) is 0 Å². The number of hydrogen-bond donors (Lipinski definition) is 2. The molecule has 156 valence electrons. The molecule has 0 radical (unpaired) electrons. The first kappa shape index (κ1) is 19.0. The van der Waals surface area contributed by atoms with Gasteiger partial charge in [0.05, 0.1) is 13.7 Å². The zero-order valence-electron chi connectivity index (χ0n) is 17.4. The molecule has 0 saturated heterocycles. The highest BCUT2D eigenvalue weighted by Crippen LogP contribution is 2.42. The molecular weight excluding hydrogens is 376 g/mol. The van der Waals surface area contributed by atoms with Crippen LogP contribution in [0.3, 0.4) is 0 Å². The highest BCUT2D eigenvalue weighted by molar-refractivity contribution is 5.83. The van der Waals surface area contributed by atoms with Crippen LogP contribution in [0.2, 0.25) is 0 Å². The molecule has 1 aliphatic heterocycles. The summed E-state index contributed by atoms with van der Waals surface area (Å²) in [6, 6.07) is 12.7. The van der Waals surface area contributed by atoms with Crippen LogP contribution in [0.1, 0.15) is 49.3 Å². The van der Waals surface area contributed by atoms with Gasteiger partial charge in [0, 0.05) is 41.5 Å². The van der Waals surface area contributed by atoms with Gasteiger partial charge < -0.3 is 19.9 Å². The van der Waals surface area contributed by atoms with E-state index in [-0.39, 0.29) is 11.8 Å². The number of aromatic nitrogens is 2. The number of hydrogen-bond acceptors (Lipinski definition) is 4. The van der Waals surface area contributed by atoms with Gasteiger partial charge in [-0.1, -0.05) is 19.3 Å². The molecule has 2 aliphatic rings. The minimum absolute atomic E-state index is 0.114. The van der Waals surface area contributed by atoms with Crippen molar-refractivity contribution in [2.45, 2.75) is 44.1 Å². The lowest BCUT2D eigenvalue weighted by Crippen LogP contribution is -2.42. The van der Waals surface area contributed by atoms with Gasteiger partial charge in [-0.15, -0.1) is 0 Å². The van der Waals surface area contributed by atoms with Crippen molar-refractivity contribution in [1.82, 2.24) is 15.3 Å². The molecule has 3 heterocycles. The molecule has 1 aromatic carbocycles. The summed E-state index contributed by atoms with van der Waals surface area (Å²) in [4.78, 5) is 22.9. The van der Waals surface area contributed by atoms with Gasteiger partial charge in [-0.25, -0.2) is 4.98 Å². The number of benzene rings is 1. The number of nitrogens with zero attached hydrogens (tertiary/aromatic N) is 2. The molecule has 1 aliphatic carbocycles. The van der Waals surface area contributed by atoms with Crippen LogP contribution >= 0.6 is 0 Å². The molecule has 6 nitrogen and oxygen atoms in total. The third-order valence-electron chi connectivity index (χ3n) is 6.45. The lowest BCUT2D eigenvalue weighted by Gasteiger charge is -2.25. The number of amides is 1. The number of ether oxygens (including phenoxy) is 1. The SMILES string of the molecule is COc1ccc2c(c1)C(c1cc3cccnc3[nH]1)CN2CC(=O)NC1CCCCC1. The van der Waals surface area contributed by atoms with Crippen molar-refractivity contribution in [2.24, 2.45) is 0 Å². The molecule has 2 N–H and O–H groups in total. The van der Waals surface area contributed by atoms with E-state index >= 15 is 0 Å². The molecular formula is C24H28N4O2. The second-order valence-corrected chi connectivity index (χ2v) is 8.43. The first-order chi connectivity index (χ1) is 14.7. The number of fused-ring (bicyclic) bond motifs is 2. The molecule has 1 amide bonds. The molecule has 0 spiro atoms. The Morgan fingerprint density at radius 3 is 2.90 bits per heavy atom. The Hall–Kier alpha value is -3.02. The van der Waals surface area contributed by atoms with Crippen LogP contribution in [-0.2, 0) is 4.79 Å². The fraction of sp³-hybridized carbons (Fsp3) is 0.417. The van der Waals surface area contributed by atoms with E-state index in [9.17, 15) is 4.79 Å². The molecule has 6 heteroatoms. The van der Waals surface area contributed by atoms with E-state index in [0.29, 0.717) is 12.6 Å². The topological polar surface area (TPSA) is 70.2 Å². The summed E-state index contributed by atoms with van der Waals surface area (Å²) in [7, 11) is 1.69. The van der Waals surface area contributed by atoms with E-state index in [0.717, 1.165) is 47.6 Å². The molecule has 1 saturated carbocycles. The van der Waals surface area contributed by atoms with E-state index in [1.54, 1.807) is 13.3 Å². The van der Waals surface area contributed by atoms with Crippen LogP contribution in [0.4, 0.5) is 5.69 Å². The van der Waals surface area contributed by atoms with Crippen LogP contribution in [0.25, 0.3) is 11.0 Å². The molecule has 3 aromatic rings. The molecule has 2 aromatic heterocycles. The molecule has 1 fully saturated rings. The lowest BCUT2D eigenvalue weighted by atomic mass is 9.95. The number of rotatable bonds is 5. The van der Waals surface area contributed by atoms with Crippen LogP contribution in [0, 0.1) is 0 Å². The summed E-state index contributed by atoms with van der Waals surface area (Å²) < 4.78 is 5.48. The Labute approximate surface area is 176 Å². The number of carbonyl (C=O) groups excluding carboxylic acids is 1. The van der Waals surface area contributed by atoms with Crippen molar-refractivity contribution in [3.63, 3.8) is 0 Å². The van der Waals surface area contributed by atoms with Gasteiger partial charge in [0.1, 0.15) is 11.4 Å². The lowest BCUT2D eigenvalue weighted by molar-refractivity contribution is -0.120. The van der Waals surface area contributed by atoms with Crippen molar-refractivity contribution < 1.29 is 9.53 Å². The number of carbonyl (C=O) groups is 1.